The highest BCUT2D eigenvalue weighted by Crippen LogP contribution is 2.28. The molecule has 0 fully saturated rings. The average molecular weight is 339 g/mol. The molecule has 1 atom stereocenters. The van der Waals surface area contributed by atoms with Gasteiger partial charge in [0.05, 0.1) is 21.6 Å². The number of amides is 1. The van der Waals surface area contributed by atoms with Gasteiger partial charge in [-0.2, -0.15) is 0 Å². The zero-order chi connectivity index (χ0) is 16.3. The van der Waals surface area contributed by atoms with Crippen LogP contribution >= 0.6 is 22.9 Å². The zero-order valence-corrected chi connectivity index (χ0v) is 13.6. The van der Waals surface area contributed by atoms with Gasteiger partial charge in [0.15, 0.2) is 0 Å². The van der Waals surface area contributed by atoms with E-state index in [1.165, 1.54) is 18.2 Å². The third-order valence-corrected chi connectivity index (χ3v) is 4.48. The molecule has 0 saturated carbocycles. The molecule has 0 spiro atoms. The molecule has 0 aliphatic carbocycles. The summed E-state index contributed by atoms with van der Waals surface area (Å²) in [5.74, 6) is -0.133. The highest BCUT2D eigenvalue weighted by Gasteiger charge is 2.22. The highest BCUT2D eigenvalue weighted by molar-refractivity contribution is 7.10. The molecule has 1 aromatic heterocycles. The van der Waals surface area contributed by atoms with Gasteiger partial charge in [-0.25, -0.2) is 0 Å². The van der Waals surface area contributed by atoms with Crippen LogP contribution in [0.5, 0.6) is 0 Å². The Kier molecular flexibility index (Phi) is 5.15. The summed E-state index contributed by atoms with van der Waals surface area (Å²) in [4.78, 5) is 23.6. The van der Waals surface area contributed by atoms with Crippen LogP contribution in [0.2, 0.25) is 5.02 Å². The molecule has 2 aromatic rings. The Hall–Kier alpha value is -1.92. The summed E-state index contributed by atoms with van der Waals surface area (Å²) < 4.78 is 0. The number of benzene rings is 1. The number of carbonyl (C=O) groups is 1. The van der Waals surface area contributed by atoms with Gasteiger partial charge in [-0.15, -0.1) is 11.3 Å². The first-order valence-electron chi connectivity index (χ1n) is 6.68. The number of nitro groups is 1. The van der Waals surface area contributed by atoms with E-state index in [0.717, 1.165) is 4.88 Å². The molecule has 1 amide bonds. The van der Waals surface area contributed by atoms with Crippen molar-refractivity contribution in [2.75, 3.05) is 0 Å². The van der Waals surface area contributed by atoms with Crippen LogP contribution in [-0.2, 0) is 0 Å². The second kappa shape index (κ2) is 6.89. The fraction of sp³-hybridized carbons (Fsp3) is 0.267. The first-order chi connectivity index (χ1) is 10.4. The highest BCUT2D eigenvalue weighted by atomic mass is 35.5. The normalized spacial score (nSPS) is 12.2. The van der Waals surface area contributed by atoms with Gasteiger partial charge < -0.3 is 5.32 Å². The van der Waals surface area contributed by atoms with E-state index in [4.69, 9.17) is 11.6 Å². The SMILES string of the molecule is CC(C)[C@@H](NC(=O)c1ccc([N+](=O)[O-])cc1Cl)c1cccs1. The Morgan fingerprint density at radius 2 is 2.09 bits per heavy atom. The number of halogens is 1. The Bertz CT molecular complexity index is 686. The van der Waals surface area contributed by atoms with Crippen LogP contribution < -0.4 is 5.32 Å². The molecule has 0 aliphatic rings. The third kappa shape index (κ3) is 3.64. The maximum atomic E-state index is 12.4. The second-order valence-corrected chi connectivity index (χ2v) is 6.52. The number of non-ortho nitro benzene ring substituents is 1. The Morgan fingerprint density at radius 1 is 1.36 bits per heavy atom. The van der Waals surface area contributed by atoms with Crippen LogP contribution in [0.4, 0.5) is 5.69 Å². The number of hydrogen-bond donors (Lipinski definition) is 1. The molecule has 1 heterocycles. The van der Waals surface area contributed by atoms with E-state index in [1.807, 2.05) is 31.4 Å². The summed E-state index contributed by atoms with van der Waals surface area (Å²) >= 11 is 7.56. The summed E-state index contributed by atoms with van der Waals surface area (Å²) in [6, 6.07) is 7.61. The van der Waals surface area contributed by atoms with E-state index in [9.17, 15) is 14.9 Å². The predicted molar refractivity (Wildman–Crippen MR) is 87.5 cm³/mol. The largest absolute Gasteiger partial charge is 0.344 e. The van der Waals surface area contributed by atoms with Gasteiger partial charge in [0.25, 0.3) is 11.6 Å². The van der Waals surface area contributed by atoms with Crippen molar-refractivity contribution in [3.8, 4) is 0 Å². The molecular formula is C15H15ClN2O3S. The van der Waals surface area contributed by atoms with Crippen molar-refractivity contribution in [3.05, 3.63) is 61.3 Å². The summed E-state index contributed by atoms with van der Waals surface area (Å²) in [7, 11) is 0. The van der Waals surface area contributed by atoms with Gasteiger partial charge >= 0.3 is 0 Å². The maximum Gasteiger partial charge on any atom is 0.270 e. The number of nitro benzene ring substituents is 1. The van der Waals surface area contributed by atoms with Crippen molar-refractivity contribution in [2.45, 2.75) is 19.9 Å². The van der Waals surface area contributed by atoms with Crippen LogP contribution in [0.3, 0.4) is 0 Å². The van der Waals surface area contributed by atoms with Crippen molar-refractivity contribution in [1.29, 1.82) is 0 Å². The fourth-order valence-electron chi connectivity index (χ4n) is 2.06. The van der Waals surface area contributed by atoms with Crippen molar-refractivity contribution in [2.24, 2.45) is 5.92 Å². The summed E-state index contributed by atoms with van der Waals surface area (Å²) in [6.07, 6.45) is 0. The molecule has 2 rings (SSSR count). The van der Waals surface area contributed by atoms with Crippen LogP contribution in [0, 0.1) is 16.0 Å². The van der Waals surface area contributed by atoms with E-state index < -0.39 is 4.92 Å². The Labute approximate surface area is 137 Å². The number of carbonyl (C=O) groups excluding carboxylic acids is 1. The van der Waals surface area contributed by atoms with Crippen molar-refractivity contribution < 1.29 is 9.72 Å². The minimum Gasteiger partial charge on any atom is -0.344 e. The van der Waals surface area contributed by atoms with Crippen LogP contribution in [0.1, 0.15) is 35.1 Å². The van der Waals surface area contributed by atoms with Gasteiger partial charge in [0.1, 0.15) is 0 Å². The number of rotatable bonds is 5. The number of nitrogens with zero attached hydrogens (tertiary/aromatic N) is 1. The lowest BCUT2D eigenvalue weighted by molar-refractivity contribution is -0.384. The molecule has 0 saturated heterocycles. The molecule has 7 heteroatoms. The minimum absolute atomic E-state index is 0.0698. The van der Waals surface area contributed by atoms with Gasteiger partial charge in [-0.3, -0.25) is 14.9 Å². The lowest BCUT2D eigenvalue weighted by Crippen LogP contribution is -2.31. The average Bonchev–Trinajstić information content (AvgIpc) is 2.97. The lowest BCUT2D eigenvalue weighted by atomic mass is 10.0. The zero-order valence-electron chi connectivity index (χ0n) is 12.1. The van der Waals surface area contributed by atoms with E-state index in [1.54, 1.807) is 11.3 Å². The molecule has 1 aromatic carbocycles. The lowest BCUT2D eigenvalue weighted by Gasteiger charge is -2.21. The van der Waals surface area contributed by atoms with E-state index >= 15 is 0 Å². The molecule has 5 nitrogen and oxygen atoms in total. The molecule has 22 heavy (non-hydrogen) atoms. The summed E-state index contributed by atoms with van der Waals surface area (Å²) in [6.45, 7) is 4.03. The van der Waals surface area contributed by atoms with Crippen molar-refractivity contribution in [3.63, 3.8) is 0 Å². The fourth-order valence-corrected chi connectivity index (χ4v) is 3.26. The van der Waals surface area contributed by atoms with Gasteiger partial charge in [-0.1, -0.05) is 31.5 Å². The van der Waals surface area contributed by atoms with Crippen molar-refractivity contribution >= 4 is 34.5 Å². The van der Waals surface area contributed by atoms with Gasteiger partial charge in [0.2, 0.25) is 0 Å². The second-order valence-electron chi connectivity index (χ2n) is 5.13. The summed E-state index contributed by atoms with van der Waals surface area (Å²) in [5, 5.41) is 15.7. The topological polar surface area (TPSA) is 72.2 Å². The maximum absolute atomic E-state index is 12.4. The molecule has 0 radical (unpaired) electrons. The molecule has 116 valence electrons. The minimum atomic E-state index is -0.546. The molecule has 0 unspecified atom stereocenters. The van der Waals surface area contributed by atoms with Crippen LogP contribution in [0.25, 0.3) is 0 Å². The summed E-state index contributed by atoms with van der Waals surface area (Å²) in [5.41, 5.74) is 0.0923. The number of hydrogen-bond acceptors (Lipinski definition) is 4. The third-order valence-electron chi connectivity index (χ3n) is 3.21. The molecular weight excluding hydrogens is 324 g/mol. The first-order valence-corrected chi connectivity index (χ1v) is 7.94. The molecule has 0 aliphatic heterocycles. The number of thiophene rings is 1. The van der Waals surface area contributed by atoms with Crippen LogP contribution in [-0.4, -0.2) is 10.8 Å². The smallest absolute Gasteiger partial charge is 0.270 e. The monoisotopic (exact) mass is 338 g/mol. The molecule has 1 N–H and O–H groups in total. The first kappa shape index (κ1) is 16.5. The standard InChI is InChI=1S/C15H15ClN2O3S/c1-9(2)14(13-4-3-7-22-13)17-15(19)11-6-5-10(18(20)21)8-12(11)16/h3-9,14H,1-2H3,(H,17,19)/t14-/m1/s1. The predicted octanol–water partition coefficient (Wildman–Crippen LogP) is 4.44. The van der Waals surface area contributed by atoms with Crippen LogP contribution in [0.15, 0.2) is 35.7 Å². The quantitative estimate of drug-likeness (QED) is 0.647. The van der Waals surface area contributed by atoms with Gasteiger partial charge in [0, 0.05) is 17.0 Å². The Balaban J connectivity index is 2.22. The number of nitrogens with one attached hydrogen (secondary N) is 1. The van der Waals surface area contributed by atoms with Crippen molar-refractivity contribution in [1.82, 2.24) is 5.32 Å². The van der Waals surface area contributed by atoms with E-state index in [0.29, 0.717) is 0 Å². The van der Waals surface area contributed by atoms with E-state index in [-0.39, 0.29) is 34.1 Å². The molecule has 0 bridgehead atoms. The van der Waals surface area contributed by atoms with E-state index in [2.05, 4.69) is 5.32 Å². The Morgan fingerprint density at radius 3 is 2.59 bits per heavy atom. The van der Waals surface area contributed by atoms with Gasteiger partial charge in [-0.05, 0) is 23.4 Å².